The van der Waals surface area contributed by atoms with Crippen LogP contribution in [0.25, 0.3) is 0 Å². The van der Waals surface area contributed by atoms with Crippen molar-refractivity contribution in [3.63, 3.8) is 0 Å². The largest absolute Gasteiger partial charge is 0.344 e. The van der Waals surface area contributed by atoms with Crippen molar-refractivity contribution in [3.05, 3.63) is 0 Å². The summed E-state index contributed by atoms with van der Waals surface area (Å²) in [6.07, 6.45) is 1.31. The Morgan fingerprint density at radius 3 is 1.50 bits per heavy atom. The molecule has 0 aromatic carbocycles. The second-order valence-corrected chi connectivity index (χ2v) is 1.80. The van der Waals surface area contributed by atoms with Gasteiger partial charge in [-0.15, -0.1) is 0 Å². The molecule has 40 valence electrons. The van der Waals surface area contributed by atoms with E-state index in [2.05, 4.69) is 20.8 Å². The van der Waals surface area contributed by atoms with Crippen molar-refractivity contribution in [1.82, 2.24) is 6.15 Å². The Hall–Kier alpha value is -0.0400. The van der Waals surface area contributed by atoms with Crippen LogP contribution in [0.3, 0.4) is 0 Å². The minimum atomic E-state index is 0. The molecule has 0 unspecified atom stereocenters. The molecule has 0 aromatic rings. The smallest absolute Gasteiger partial charge is 0.0474 e. The third-order valence-electron chi connectivity index (χ3n) is 0.816. The fourth-order valence-corrected chi connectivity index (χ4v) is 0. The molecule has 0 aliphatic carbocycles. The highest BCUT2D eigenvalue weighted by Crippen LogP contribution is 1.93. The van der Waals surface area contributed by atoms with E-state index in [4.69, 9.17) is 0 Å². The van der Waals surface area contributed by atoms with E-state index in [0.717, 1.165) is 5.92 Å². The van der Waals surface area contributed by atoms with Crippen LogP contribution < -0.4 is 6.15 Å². The van der Waals surface area contributed by atoms with Crippen LogP contribution in [-0.2, 0) is 0 Å². The average molecular weight is 89.2 g/mol. The van der Waals surface area contributed by atoms with Crippen molar-refractivity contribution < 1.29 is 0 Å². The van der Waals surface area contributed by atoms with Crippen molar-refractivity contribution in [2.45, 2.75) is 27.2 Å². The highest BCUT2D eigenvalue weighted by Gasteiger charge is 1.80. The quantitative estimate of drug-likeness (QED) is 0.525. The van der Waals surface area contributed by atoms with Gasteiger partial charge in [-0.05, 0) is 5.92 Å². The lowest BCUT2D eigenvalue weighted by atomic mass is 10.2. The molecule has 1 heteroatoms. The summed E-state index contributed by atoms with van der Waals surface area (Å²) >= 11 is 0. The van der Waals surface area contributed by atoms with Crippen molar-refractivity contribution in [2.75, 3.05) is 0 Å². The normalized spacial score (nSPS) is 8.00. The van der Waals surface area contributed by atoms with Gasteiger partial charge in [0.2, 0.25) is 0 Å². The second kappa shape index (κ2) is 4.96. The van der Waals surface area contributed by atoms with Crippen LogP contribution in [0.2, 0.25) is 0 Å². The highest BCUT2D eigenvalue weighted by molar-refractivity contribution is 4.32. The zero-order valence-electron chi connectivity index (χ0n) is 4.99. The summed E-state index contributed by atoms with van der Waals surface area (Å²) in [6, 6.07) is 0. The lowest BCUT2D eigenvalue weighted by Gasteiger charge is -1.90. The van der Waals surface area contributed by atoms with Gasteiger partial charge in [-0.1, -0.05) is 27.2 Å². The maximum atomic E-state index is 2.22. The monoisotopic (exact) mass is 89.1 g/mol. The van der Waals surface area contributed by atoms with Crippen LogP contribution in [-0.4, -0.2) is 0 Å². The first-order valence-corrected chi connectivity index (χ1v) is 2.27. The third-order valence-corrected chi connectivity index (χ3v) is 0.816. The molecule has 0 aliphatic rings. The summed E-state index contributed by atoms with van der Waals surface area (Å²) in [5.74, 6) is 0.884. The first-order chi connectivity index (χ1) is 2.27. The molecular weight excluding hydrogens is 74.1 g/mol. The van der Waals surface area contributed by atoms with Crippen LogP contribution in [0.5, 0.6) is 0 Å². The molecular formula is C5H15N. The summed E-state index contributed by atoms with van der Waals surface area (Å²) in [5.41, 5.74) is 0. The summed E-state index contributed by atoms with van der Waals surface area (Å²) in [7, 11) is 0. The van der Waals surface area contributed by atoms with Crippen molar-refractivity contribution in [2.24, 2.45) is 5.92 Å². The zero-order chi connectivity index (χ0) is 4.28. The molecule has 0 fully saturated rings. The van der Waals surface area contributed by atoms with Crippen molar-refractivity contribution >= 4 is 0 Å². The van der Waals surface area contributed by atoms with Gasteiger partial charge in [0.1, 0.15) is 0 Å². The minimum absolute atomic E-state index is 0. The topological polar surface area (TPSA) is 35.0 Å². The Bertz CT molecular complexity index is 17.9. The fourth-order valence-electron chi connectivity index (χ4n) is 0. The molecule has 0 spiro atoms. The average Bonchev–Trinajstić information content (AvgIpc) is 1.38. The molecule has 0 atom stereocenters. The lowest BCUT2D eigenvalue weighted by Crippen LogP contribution is -1.77. The SMILES string of the molecule is CCC(C)C.N. The first-order valence-electron chi connectivity index (χ1n) is 2.27. The Morgan fingerprint density at radius 2 is 1.50 bits per heavy atom. The molecule has 0 amide bonds. The van der Waals surface area contributed by atoms with Gasteiger partial charge in [0.25, 0.3) is 0 Å². The van der Waals surface area contributed by atoms with Gasteiger partial charge in [-0.2, -0.15) is 0 Å². The van der Waals surface area contributed by atoms with E-state index in [9.17, 15) is 0 Å². The Labute approximate surface area is 40.3 Å². The molecule has 0 saturated heterocycles. The molecule has 6 heavy (non-hydrogen) atoms. The maximum absolute atomic E-state index is 2.22. The zero-order valence-corrected chi connectivity index (χ0v) is 4.99. The molecule has 0 radical (unpaired) electrons. The molecule has 1 nitrogen and oxygen atoms in total. The van der Waals surface area contributed by atoms with Gasteiger partial charge >= 0.3 is 0 Å². The summed E-state index contributed by atoms with van der Waals surface area (Å²) in [5, 5.41) is 0. The van der Waals surface area contributed by atoms with Gasteiger partial charge in [0, 0.05) is 0 Å². The predicted octanol–water partition coefficient (Wildman–Crippen LogP) is 2.21. The third kappa shape index (κ3) is 9.03. The molecule has 0 rings (SSSR count). The van der Waals surface area contributed by atoms with Crippen LogP contribution in [0.4, 0.5) is 0 Å². The van der Waals surface area contributed by atoms with E-state index in [-0.39, 0.29) is 6.15 Å². The molecule has 3 N–H and O–H groups in total. The molecule has 0 aromatic heterocycles. The van der Waals surface area contributed by atoms with Crippen molar-refractivity contribution in [3.8, 4) is 0 Å². The van der Waals surface area contributed by atoms with E-state index < -0.39 is 0 Å². The van der Waals surface area contributed by atoms with E-state index in [1.807, 2.05) is 0 Å². The summed E-state index contributed by atoms with van der Waals surface area (Å²) in [6.45, 7) is 6.64. The van der Waals surface area contributed by atoms with E-state index in [1.54, 1.807) is 0 Å². The Kier molecular flexibility index (Phi) is 7.73. The van der Waals surface area contributed by atoms with Gasteiger partial charge in [-0.25, -0.2) is 0 Å². The number of hydrogen-bond donors (Lipinski definition) is 1. The molecule has 0 aliphatic heterocycles. The predicted molar refractivity (Wildman–Crippen MR) is 30.2 cm³/mol. The van der Waals surface area contributed by atoms with E-state index >= 15 is 0 Å². The van der Waals surface area contributed by atoms with Crippen LogP contribution >= 0.6 is 0 Å². The van der Waals surface area contributed by atoms with Crippen LogP contribution in [0.15, 0.2) is 0 Å². The Balaban J connectivity index is 0. The molecule has 0 heterocycles. The summed E-state index contributed by atoms with van der Waals surface area (Å²) in [4.78, 5) is 0. The second-order valence-electron chi connectivity index (χ2n) is 1.80. The minimum Gasteiger partial charge on any atom is -0.344 e. The Morgan fingerprint density at radius 1 is 1.33 bits per heavy atom. The maximum Gasteiger partial charge on any atom is -0.0474 e. The summed E-state index contributed by atoms with van der Waals surface area (Å²) < 4.78 is 0. The van der Waals surface area contributed by atoms with Gasteiger partial charge in [0.15, 0.2) is 0 Å². The van der Waals surface area contributed by atoms with Gasteiger partial charge < -0.3 is 6.15 Å². The first kappa shape index (κ1) is 9.35. The number of hydrogen-bond acceptors (Lipinski definition) is 1. The van der Waals surface area contributed by atoms with Gasteiger partial charge in [0.05, 0.1) is 0 Å². The van der Waals surface area contributed by atoms with E-state index in [1.165, 1.54) is 6.42 Å². The van der Waals surface area contributed by atoms with Crippen LogP contribution in [0.1, 0.15) is 27.2 Å². The highest BCUT2D eigenvalue weighted by atomic mass is 14.0. The number of rotatable bonds is 1. The van der Waals surface area contributed by atoms with Crippen LogP contribution in [0, 0.1) is 5.92 Å². The molecule has 0 saturated carbocycles. The molecule has 0 bridgehead atoms. The standard InChI is InChI=1S/C5H12.H3N/c1-4-5(2)3;/h5H,4H2,1-3H3;1H3. The van der Waals surface area contributed by atoms with Gasteiger partial charge in [-0.3, -0.25) is 0 Å². The van der Waals surface area contributed by atoms with Crippen molar-refractivity contribution in [1.29, 1.82) is 0 Å². The van der Waals surface area contributed by atoms with E-state index in [0.29, 0.717) is 0 Å². The fraction of sp³-hybridized carbons (Fsp3) is 1.00. The lowest BCUT2D eigenvalue weighted by molar-refractivity contribution is 0.626.